The van der Waals surface area contributed by atoms with Crippen molar-refractivity contribution in [2.24, 2.45) is 5.73 Å². The smallest absolute Gasteiger partial charge is 0.142 e. The summed E-state index contributed by atoms with van der Waals surface area (Å²) in [7, 11) is 2.13. The zero-order valence-electron chi connectivity index (χ0n) is 9.61. The molecule has 4 heteroatoms. The van der Waals surface area contributed by atoms with Crippen molar-refractivity contribution in [3.8, 4) is 0 Å². The first-order valence-electron chi connectivity index (χ1n) is 5.67. The SMILES string of the molecule is CN(Cc1cccnc1C(=N)N)C1CCC1. The lowest BCUT2D eigenvalue weighted by Gasteiger charge is -2.34. The molecule has 0 aliphatic heterocycles. The maximum absolute atomic E-state index is 7.48. The van der Waals surface area contributed by atoms with Gasteiger partial charge in [0.15, 0.2) is 0 Å². The summed E-state index contributed by atoms with van der Waals surface area (Å²) in [5, 5.41) is 7.48. The van der Waals surface area contributed by atoms with E-state index in [1.165, 1.54) is 19.3 Å². The van der Waals surface area contributed by atoms with Crippen LogP contribution in [0.1, 0.15) is 30.5 Å². The van der Waals surface area contributed by atoms with Gasteiger partial charge in [0.05, 0.1) is 0 Å². The maximum Gasteiger partial charge on any atom is 0.142 e. The van der Waals surface area contributed by atoms with Gasteiger partial charge in [-0.05, 0) is 31.5 Å². The summed E-state index contributed by atoms with van der Waals surface area (Å²) in [6.45, 7) is 0.827. The van der Waals surface area contributed by atoms with E-state index < -0.39 is 0 Å². The Kier molecular flexibility index (Phi) is 3.19. The summed E-state index contributed by atoms with van der Waals surface area (Å²) in [5.74, 6) is 0.0533. The lowest BCUT2D eigenvalue weighted by atomic mass is 9.91. The molecule has 0 bridgehead atoms. The fourth-order valence-corrected chi connectivity index (χ4v) is 2.03. The molecule has 1 aromatic heterocycles. The van der Waals surface area contributed by atoms with Gasteiger partial charge in [-0.25, -0.2) is 0 Å². The largest absolute Gasteiger partial charge is 0.382 e. The highest BCUT2D eigenvalue weighted by atomic mass is 15.1. The fourth-order valence-electron chi connectivity index (χ4n) is 2.03. The third kappa shape index (κ3) is 2.22. The summed E-state index contributed by atoms with van der Waals surface area (Å²) in [4.78, 5) is 6.48. The van der Waals surface area contributed by atoms with E-state index in [1.54, 1.807) is 6.20 Å². The zero-order chi connectivity index (χ0) is 11.5. The summed E-state index contributed by atoms with van der Waals surface area (Å²) >= 11 is 0. The van der Waals surface area contributed by atoms with Crippen LogP contribution in [-0.4, -0.2) is 28.8 Å². The van der Waals surface area contributed by atoms with Crippen molar-refractivity contribution in [1.82, 2.24) is 9.88 Å². The highest BCUT2D eigenvalue weighted by Gasteiger charge is 2.22. The van der Waals surface area contributed by atoms with Gasteiger partial charge >= 0.3 is 0 Å². The number of nitrogens with two attached hydrogens (primary N) is 1. The van der Waals surface area contributed by atoms with Gasteiger partial charge < -0.3 is 5.73 Å². The Morgan fingerprint density at radius 2 is 2.38 bits per heavy atom. The van der Waals surface area contributed by atoms with Gasteiger partial charge in [0.1, 0.15) is 11.5 Å². The van der Waals surface area contributed by atoms with Crippen LogP contribution >= 0.6 is 0 Å². The van der Waals surface area contributed by atoms with E-state index >= 15 is 0 Å². The Hall–Kier alpha value is -1.42. The lowest BCUT2D eigenvalue weighted by Crippen LogP contribution is -2.37. The Balaban J connectivity index is 2.10. The van der Waals surface area contributed by atoms with Crippen molar-refractivity contribution in [2.75, 3.05) is 7.05 Å². The highest BCUT2D eigenvalue weighted by Crippen LogP contribution is 2.25. The zero-order valence-corrected chi connectivity index (χ0v) is 9.61. The molecule has 16 heavy (non-hydrogen) atoms. The standard InChI is InChI=1S/C12H18N4/c1-16(10-5-2-6-10)8-9-4-3-7-15-11(9)12(13)14/h3-4,7,10H,2,5-6,8H2,1H3,(H3,13,14). The molecule has 4 nitrogen and oxygen atoms in total. The van der Waals surface area contributed by atoms with Crippen LogP contribution < -0.4 is 5.73 Å². The van der Waals surface area contributed by atoms with Crippen molar-refractivity contribution in [2.45, 2.75) is 31.8 Å². The Morgan fingerprint density at radius 1 is 1.62 bits per heavy atom. The molecule has 86 valence electrons. The lowest BCUT2D eigenvalue weighted by molar-refractivity contribution is 0.152. The molecule has 0 spiro atoms. The first-order valence-corrected chi connectivity index (χ1v) is 5.67. The Bertz CT molecular complexity index is 384. The molecular formula is C12H18N4. The monoisotopic (exact) mass is 218 g/mol. The summed E-state index contributed by atoms with van der Waals surface area (Å²) in [5.41, 5.74) is 7.18. The van der Waals surface area contributed by atoms with Crippen LogP contribution in [0, 0.1) is 5.41 Å². The second-order valence-electron chi connectivity index (χ2n) is 4.42. The molecule has 0 amide bonds. The van der Waals surface area contributed by atoms with Crippen molar-refractivity contribution < 1.29 is 0 Å². The number of nitrogens with zero attached hydrogens (tertiary/aromatic N) is 2. The van der Waals surface area contributed by atoms with Gasteiger partial charge in [-0.3, -0.25) is 15.3 Å². The predicted octanol–water partition coefficient (Wildman–Crippen LogP) is 1.35. The molecule has 1 aliphatic carbocycles. The number of hydrogen-bond donors (Lipinski definition) is 2. The Morgan fingerprint density at radius 3 is 2.94 bits per heavy atom. The summed E-state index contributed by atoms with van der Waals surface area (Å²) < 4.78 is 0. The molecular weight excluding hydrogens is 200 g/mol. The molecule has 1 saturated carbocycles. The summed E-state index contributed by atoms with van der Waals surface area (Å²) in [6, 6.07) is 4.59. The van der Waals surface area contributed by atoms with Gasteiger partial charge in [0.2, 0.25) is 0 Å². The van der Waals surface area contributed by atoms with E-state index in [1.807, 2.05) is 12.1 Å². The number of aromatic nitrogens is 1. The molecule has 0 aromatic carbocycles. The topological polar surface area (TPSA) is 66.0 Å². The quantitative estimate of drug-likeness (QED) is 0.592. The fraction of sp³-hybridized carbons (Fsp3) is 0.500. The first-order chi connectivity index (χ1) is 7.68. The van der Waals surface area contributed by atoms with Gasteiger partial charge in [0.25, 0.3) is 0 Å². The van der Waals surface area contributed by atoms with Crippen LogP contribution in [0.5, 0.6) is 0 Å². The molecule has 3 N–H and O–H groups in total. The van der Waals surface area contributed by atoms with Crippen LogP contribution in [0.25, 0.3) is 0 Å². The molecule has 0 unspecified atom stereocenters. The van der Waals surface area contributed by atoms with Gasteiger partial charge in [-0.1, -0.05) is 12.5 Å². The molecule has 1 fully saturated rings. The number of rotatable bonds is 4. The minimum atomic E-state index is 0.0533. The predicted molar refractivity (Wildman–Crippen MR) is 64.4 cm³/mol. The summed E-state index contributed by atoms with van der Waals surface area (Å²) in [6.07, 6.45) is 5.59. The maximum atomic E-state index is 7.48. The second-order valence-corrected chi connectivity index (χ2v) is 4.42. The van der Waals surface area contributed by atoms with Gasteiger partial charge in [-0.15, -0.1) is 0 Å². The van der Waals surface area contributed by atoms with E-state index in [0.717, 1.165) is 12.1 Å². The van der Waals surface area contributed by atoms with Gasteiger partial charge in [-0.2, -0.15) is 0 Å². The minimum Gasteiger partial charge on any atom is -0.382 e. The second kappa shape index (κ2) is 4.61. The van der Waals surface area contributed by atoms with E-state index in [4.69, 9.17) is 11.1 Å². The van der Waals surface area contributed by atoms with Crippen LogP contribution in [0.4, 0.5) is 0 Å². The van der Waals surface area contributed by atoms with Crippen LogP contribution in [0.15, 0.2) is 18.3 Å². The van der Waals surface area contributed by atoms with E-state index in [-0.39, 0.29) is 5.84 Å². The van der Waals surface area contributed by atoms with Crippen molar-refractivity contribution in [1.29, 1.82) is 5.41 Å². The number of amidine groups is 1. The third-order valence-corrected chi connectivity index (χ3v) is 3.26. The van der Waals surface area contributed by atoms with Crippen LogP contribution in [0.2, 0.25) is 0 Å². The normalized spacial score (nSPS) is 16.1. The van der Waals surface area contributed by atoms with E-state index in [9.17, 15) is 0 Å². The molecule has 1 heterocycles. The minimum absolute atomic E-state index is 0.0533. The molecule has 0 radical (unpaired) electrons. The average molecular weight is 218 g/mol. The Labute approximate surface area is 96.0 Å². The molecule has 1 aliphatic rings. The van der Waals surface area contributed by atoms with Crippen molar-refractivity contribution >= 4 is 5.84 Å². The molecule has 0 atom stereocenters. The number of nitrogens with one attached hydrogen (secondary N) is 1. The number of pyridine rings is 1. The van der Waals surface area contributed by atoms with E-state index in [2.05, 4.69) is 16.9 Å². The molecule has 1 aromatic rings. The van der Waals surface area contributed by atoms with Crippen LogP contribution in [0.3, 0.4) is 0 Å². The molecule has 0 saturated heterocycles. The van der Waals surface area contributed by atoms with Crippen molar-refractivity contribution in [3.05, 3.63) is 29.6 Å². The van der Waals surface area contributed by atoms with Crippen LogP contribution in [-0.2, 0) is 6.54 Å². The van der Waals surface area contributed by atoms with E-state index in [0.29, 0.717) is 11.7 Å². The highest BCUT2D eigenvalue weighted by molar-refractivity contribution is 5.94. The number of nitrogen functional groups attached to an aromatic ring is 1. The third-order valence-electron chi connectivity index (χ3n) is 3.26. The van der Waals surface area contributed by atoms with Gasteiger partial charge in [0, 0.05) is 18.8 Å². The average Bonchev–Trinajstić information content (AvgIpc) is 2.15. The van der Waals surface area contributed by atoms with Crippen molar-refractivity contribution in [3.63, 3.8) is 0 Å². The molecule has 2 rings (SSSR count). The first kappa shape index (κ1) is 11.1. The number of hydrogen-bond acceptors (Lipinski definition) is 3.